The fraction of sp³-hybridized carbons (Fsp3) is 0.250. The molecular weight excluding hydrogens is 335 g/mol. The summed E-state index contributed by atoms with van der Waals surface area (Å²) < 4.78 is 19.5. The fourth-order valence-electron chi connectivity index (χ4n) is 1.90. The highest BCUT2D eigenvalue weighted by atomic mass is 79.9. The van der Waals surface area contributed by atoms with E-state index in [-0.39, 0.29) is 11.9 Å². The molecule has 0 bridgehead atoms. The summed E-state index contributed by atoms with van der Waals surface area (Å²) in [5.41, 5.74) is 8.96. The van der Waals surface area contributed by atoms with E-state index < -0.39 is 0 Å². The zero-order valence-electron chi connectivity index (χ0n) is 12.2. The van der Waals surface area contributed by atoms with Gasteiger partial charge in [-0.1, -0.05) is 0 Å². The van der Waals surface area contributed by atoms with Gasteiger partial charge < -0.3 is 15.8 Å². The monoisotopic (exact) mass is 352 g/mol. The van der Waals surface area contributed by atoms with Crippen molar-refractivity contribution in [2.24, 2.45) is 0 Å². The van der Waals surface area contributed by atoms with E-state index in [0.29, 0.717) is 15.9 Å². The van der Waals surface area contributed by atoms with Crippen LogP contribution in [0.3, 0.4) is 0 Å². The number of benzene rings is 2. The smallest absolute Gasteiger partial charge is 0.144 e. The van der Waals surface area contributed by atoms with Crippen molar-refractivity contribution in [2.45, 2.75) is 26.9 Å². The molecule has 0 aliphatic heterocycles. The molecule has 0 heterocycles. The maximum atomic E-state index is 13.4. The highest BCUT2D eigenvalue weighted by molar-refractivity contribution is 9.10. The number of halogens is 2. The van der Waals surface area contributed by atoms with E-state index in [1.807, 2.05) is 32.9 Å². The molecule has 3 nitrogen and oxygen atoms in total. The summed E-state index contributed by atoms with van der Waals surface area (Å²) in [6.45, 7) is 5.74. The topological polar surface area (TPSA) is 47.3 Å². The summed E-state index contributed by atoms with van der Waals surface area (Å²) >= 11 is 3.19. The van der Waals surface area contributed by atoms with Gasteiger partial charge in [0.2, 0.25) is 0 Å². The van der Waals surface area contributed by atoms with Gasteiger partial charge in [0.15, 0.2) is 0 Å². The first-order valence-corrected chi connectivity index (χ1v) is 7.45. The molecule has 0 fully saturated rings. The molecule has 0 spiro atoms. The average Bonchev–Trinajstić information content (AvgIpc) is 2.39. The summed E-state index contributed by atoms with van der Waals surface area (Å²) in [5, 5.41) is 3.25. The van der Waals surface area contributed by atoms with Gasteiger partial charge in [-0.2, -0.15) is 0 Å². The predicted octanol–water partition coefficient (Wildman–Crippen LogP) is 5.01. The molecular formula is C16H18BrFN2O. The SMILES string of the molecule is Cc1cc(F)c(Br)cc1Nc1ccc(N)c(OC(C)C)c1. The lowest BCUT2D eigenvalue weighted by Gasteiger charge is -2.15. The Bertz CT molecular complexity index is 659. The molecule has 0 aliphatic rings. The Morgan fingerprint density at radius 2 is 1.95 bits per heavy atom. The number of nitrogen functional groups attached to an aromatic ring is 1. The lowest BCUT2D eigenvalue weighted by Crippen LogP contribution is -2.07. The average molecular weight is 353 g/mol. The van der Waals surface area contributed by atoms with Crippen molar-refractivity contribution < 1.29 is 9.13 Å². The van der Waals surface area contributed by atoms with Gasteiger partial charge in [-0.25, -0.2) is 4.39 Å². The van der Waals surface area contributed by atoms with Crippen LogP contribution in [0.1, 0.15) is 19.4 Å². The lowest BCUT2D eigenvalue weighted by molar-refractivity contribution is 0.244. The summed E-state index contributed by atoms with van der Waals surface area (Å²) in [4.78, 5) is 0. The normalized spacial score (nSPS) is 10.8. The number of rotatable bonds is 4. The van der Waals surface area contributed by atoms with Crippen molar-refractivity contribution in [1.29, 1.82) is 0 Å². The molecule has 2 aromatic rings. The van der Waals surface area contributed by atoms with Crippen LogP contribution in [0, 0.1) is 12.7 Å². The van der Waals surface area contributed by atoms with Crippen molar-refractivity contribution in [3.8, 4) is 5.75 Å². The highest BCUT2D eigenvalue weighted by Crippen LogP contribution is 2.31. The molecule has 112 valence electrons. The second kappa shape index (κ2) is 6.35. The molecule has 3 N–H and O–H groups in total. The maximum Gasteiger partial charge on any atom is 0.144 e. The summed E-state index contributed by atoms with van der Waals surface area (Å²) in [5.74, 6) is 0.355. The Morgan fingerprint density at radius 1 is 1.24 bits per heavy atom. The summed E-state index contributed by atoms with van der Waals surface area (Å²) in [7, 11) is 0. The van der Waals surface area contributed by atoms with Crippen LogP contribution in [0.25, 0.3) is 0 Å². The van der Waals surface area contributed by atoms with Crippen molar-refractivity contribution in [3.05, 3.63) is 46.2 Å². The Kier molecular flexibility index (Phi) is 4.73. The van der Waals surface area contributed by atoms with Crippen LogP contribution < -0.4 is 15.8 Å². The largest absolute Gasteiger partial charge is 0.489 e. The third-order valence-electron chi connectivity index (χ3n) is 2.92. The van der Waals surface area contributed by atoms with Crippen LogP contribution in [0.2, 0.25) is 0 Å². The molecule has 0 radical (unpaired) electrons. The van der Waals surface area contributed by atoms with Crippen molar-refractivity contribution in [1.82, 2.24) is 0 Å². The van der Waals surface area contributed by atoms with Crippen LogP contribution in [0.4, 0.5) is 21.5 Å². The van der Waals surface area contributed by atoms with Crippen molar-refractivity contribution in [3.63, 3.8) is 0 Å². The van der Waals surface area contributed by atoms with Gasteiger partial charge in [-0.3, -0.25) is 0 Å². The molecule has 0 saturated carbocycles. The van der Waals surface area contributed by atoms with E-state index in [2.05, 4.69) is 21.2 Å². The van der Waals surface area contributed by atoms with E-state index in [9.17, 15) is 4.39 Å². The van der Waals surface area contributed by atoms with Crippen molar-refractivity contribution >= 4 is 33.0 Å². The maximum absolute atomic E-state index is 13.4. The van der Waals surface area contributed by atoms with Crippen LogP contribution in [-0.4, -0.2) is 6.10 Å². The Labute approximate surface area is 132 Å². The van der Waals surface area contributed by atoms with Crippen LogP contribution in [-0.2, 0) is 0 Å². The Balaban J connectivity index is 2.30. The Hall–Kier alpha value is -1.75. The molecule has 0 aliphatic carbocycles. The summed E-state index contributed by atoms with van der Waals surface area (Å²) in [6.07, 6.45) is 0.0456. The molecule has 0 amide bonds. The first kappa shape index (κ1) is 15.6. The number of nitrogens with two attached hydrogens (primary N) is 1. The van der Waals surface area contributed by atoms with Gasteiger partial charge in [0.1, 0.15) is 11.6 Å². The van der Waals surface area contributed by atoms with Crippen molar-refractivity contribution in [2.75, 3.05) is 11.1 Å². The molecule has 2 rings (SSSR count). The zero-order valence-corrected chi connectivity index (χ0v) is 13.8. The van der Waals surface area contributed by atoms with Gasteiger partial charge in [-0.05, 0) is 66.5 Å². The minimum absolute atomic E-state index is 0.0456. The fourth-order valence-corrected chi connectivity index (χ4v) is 2.25. The van der Waals surface area contributed by atoms with Gasteiger partial charge in [0.05, 0.1) is 16.3 Å². The zero-order chi connectivity index (χ0) is 15.6. The van der Waals surface area contributed by atoms with Gasteiger partial charge in [0.25, 0.3) is 0 Å². The first-order valence-electron chi connectivity index (χ1n) is 6.65. The van der Waals surface area contributed by atoms with E-state index in [4.69, 9.17) is 10.5 Å². The number of ether oxygens (including phenoxy) is 1. The lowest BCUT2D eigenvalue weighted by atomic mass is 10.2. The molecule has 21 heavy (non-hydrogen) atoms. The van der Waals surface area contributed by atoms with Gasteiger partial charge in [0, 0.05) is 17.4 Å². The number of anilines is 3. The number of aryl methyl sites for hydroxylation is 1. The third-order valence-corrected chi connectivity index (χ3v) is 3.53. The van der Waals surface area contributed by atoms with Crippen LogP contribution in [0.15, 0.2) is 34.8 Å². The number of hydrogen-bond donors (Lipinski definition) is 2. The third kappa shape index (κ3) is 3.88. The quantitative estimate of drug-likeness (QED) is 0.760. The highest BCUT2D eigenvalue weighted by Gasteiger charge is 2.08. The molecule has 0 unspecified atom stereocenters. The first-order chi connectivity index (χ1) is 9.86. The Morgan fingerprint density at radius 3 is 2.62 bits per heavy atom. The second-order valence-electron chi connectivity index (χ2n) is 5.13. The van der Waals surface area contributed by atoms with Gasteiger partial charge >= 0.3 is 0 Å². The van der Waals surface area contributed by atoms with Crippen LogP contribution >= 0.6 is 15.9 Å². The molecule has 0 saturated heterocycles. The minimum Gasteiger partial charge on any atom is -0.489 e. The van der Waals surface area contributed by atoms with E-state index >= 15 is 0 Å². The van der Waals surface area contributed by atoms with E-state index in [0.717, 1.165) is 16.9 Å². The molecule has 5 heteroatoms. The molecule has 2 aromatic carbocycles. The summed E-state index contributed by atoms with van der Waals surface area (Å²) in [6, 6.07) is 8.68. The predicted molar refractivity (Wildman–Crippen MR) is 88.7 cm³/mol. The van der Waals surface area contributed by atoms with E-state index in [1.165, 1.54) is 6.07 Å². The minimum atomic E-state index is -0.279. The van der Waals surface area contributed by atoms with Crippen LogP contribution in [0.5, 0.6) is 5.75 Å². The molecule has 0 aromatic heterocycles. The second-order valence-corrected chi connectivity index (χ2v) is 5.98. The van der Waals surface area contributed by atoms with E-state index in [1.54, 1.807) is 12.1 Å². The number of hydrogen-bond acceptors (Lipinski definition) is 3. The standard InChI is InChI=1S/C16H18BrFN2O/c1-9(2)21-16-7-11(4-5-14(16)19)20-15-8-12(17)13(18)6-10(15)3/h4-9,20H,19H2,1-3H3. The van der Waals surface area contributed by atoms with Gasteiger partial charge in [-0.15, -0.1) is 0 Å². The number of nitrogens with one attached hydrogen (secondary N) is 1. The molecule has 0 atom stereocenters.